The average molecular weight is 1100 g/mol. The van der Waals surface area contributed by atoms with Gasteiger partial charge in [-0.25, -0.2) is 16.8 Å². The number of halogens is 1. The molecule has 0 aliphatic carbocycles. The molecule has 34 heteroatoms. The minimum Gasteiger partial charge on any atom is -0.505 e. The van der Waals surface area contributed by atoms with Gasteiger partial charge in [-0.3, -0.25) is 18.2 Å². The van der Waals surface area contributed by atoms with Crippen LogP contribution in [0.15, 0.2) is 148 Å². The van der Waals surface area contributed by atoms with Gasteiger partial charge in [0.15, 0.2) is 25.4 Å². The number of benzene rings is 5. The first-order valence-corrected chi connectivity index (χ1v) is 27.7. The maximum atomic E-state index is 15.0. The zero-order valence-corrected chi connectivity index (χ0v) is 40.0. The molecule has 0 aliphatic heterocycles. The molecular formula is C37H31FN10O17S6. The number of sulfone groups is 2. The first-order valence-electron chi connectivity index (χ1n) is 18.7. The highest BCUT2D eigenvalue weighted by Gasteiger charge is 2.29. The number of hydrogen-bond acceptors (Lipinski definition) is 23. The molecule has 0 spiro atoms. The first kappa shape index (κ1) is 53.1. The number of phenols is 1. The zero-order valence-electron chi connectivity index (χ0n) is 35.1. The van der Waals surface area contributed by atoms with Gasteiger partial charge < -0.3 is 21.1 Å². The van der Waals surface area contributed by atoms with Crippen LogP contribution in [0.3, 0.4) is 0 Å². The molecule has 27 nitrogen and oxygen atoms in total. The monoisotopic (exact) mass is 1100 g/mol. The van der Waals surface area contributed by atoms with Crippen molar-refractivity contribution in [2.75, 3.05) is 28.2 Å². The lowest BCUT2D eigenvalue weighted by molar-refractivity contribution is 0.472. The Balaban J connectivity index is 1.50. The van der Waals surface area contributed by atoms with Crippen molar-refractivity contribution in [2.45, 2.75) is 24.5 Å². The molecule has 6 aromatic rings. The molecule has 1 aromatic heterocycles. The van der Waals surface area contributed by atoms with Gasteiger partial charge in [0.1, 0.15) is 42.3 Å². The molecule has 6 rings (SSSR count). The Morgan fingerprint density at radius 3 is 1.80 bits per heavy atom. The number of nitrogen functional groups attached to an aromatic ring is 1. The summed E-state index contributed by atoms with van der Waals surface area (Å²) in [5, 5.41) is 28.1. The second-order valence-corrected chi connectivity index (χ2v) is 23.5. The van der Waals surface area contributed by atoms with Gasteiger partial charge in [-0.2, -0.15) is 53.0 Å². The standard InChI is InChI=1S/C37H31FN10O17S6/c1-3-66(50,51)15-14-48(22-8-6-5-7-9-22)37-42-35(38)41-36(43-37)40-21-10-13-26(68(54,55)56)25(18-21)45-47-33-29(71(63,64)65)17-20-16-28(70(60,61)62)32(31(39)30(20)34(33)49)46-44-24-12-11-23(67(52,53)4-2)19-27(24)69(57,58)59/h3-13,16-19,49H,1-2,14-15,39H2,(H,54,55,56)(H,57,58,59)(H,60,61,62)(H,63,64,65)(H,40,41,42,43). The van der Waals surface area contributed by atoms with E-state index in [1.807, 2.05) is 0 Å². The van der Waals surface area contributed by atoms with Gasteiger partial charge in [0, 0.05) is 28.7 Å². The van der Waals surface area contributed by atoms with E-state index >= 15 is 0 Å². The highest BCUT2D eigenvalue weighted by molar-refractivity contribution is 7.94. The molecule has 8 N–H and O–H groups in total. The number of rotatable bonds is 18. The van der Waals surface area contributed by atoms with Gasteiger partial charge in [0.25, 0.3) is 40.5 Å². The summed E-state index contributed by atoms with van der Waals surface area (Å²) in [6, 6.07) is 13.2. The Bertz CT molecular complexity index is 3980. The number of nitrogens with zero attached hydrogens (tertiary/aromatic N) is 8. The lowest BCUT2D eigenvalue weighted by atomic mass is 10.1. The van der Waals surface area contributed by atoms with Gasteiger partial charge >= 0.3 is 6.08 Å². The van der Waals surface area contributed by atoms with Gasteiger partial charge in [-0.15, -0.1) is 20.5 Å². The average Bonchev–Trinajstić information content (AvgIpc) is 3.27. The number of nitrogens with one attached hydrogen (secondary N) is 1. The van der Waals surface area contributed by atoms with E-state index in [0.29, 0.717) is 35.4 Å². The fourth-order valence-electron chi connectivity index (χ4n) is 6.16. The van der Waals surface area contributed by atoms with Crippen LogP contribution in [0.1, 0.15) is 0 Å². The molecule has 374 valence electrons. The summed E-state index contributed by atoms with van der Waals surface area (Å²) < 4.78 is 205. The molecule has 0 atom stereocenters. The zero-order chi connectivity index (χ0) is 52.6. The van der Waals surface area contributed by atoms with Crippen LogP contribution in [0.4, 0.5) is 56.1 Å². The van der Waals surface area contributed by atoms with Crippen molar-refractivity contribution >= 4 is 123 Å². The van der Waals surface area contributed by atoms with E-state index in [-0.39, 0.29) is 12.2 Å². The van der Waals surface area contributed by atoms with Crippen LogP contribution in [0, 0.1) is 6.08 Å². The van der Waals surface area contributed by atoms with Crippen molar-refractivity contribution < 1.29 is 78.2 Å². The van der Waals surface area contributed by atoms with Crippen LogP contribution in [0.5, 0.6) is 5.75 Å². The van der Waals surface area contributed by atoms with Crippen molar-refractivity contribution in [1.29, 1.82) is 0 Å². The van der Waals surface area contributed by atoms with E-state index in [1.54, 1.807) is 18.2 Å². The topological polar surface area (TPSA) is 435 Å². The summed E-state index contributed by atoms with van der Waals surface area (Å²) in [6.07, 6.45) is -1.39. The van der Waals surface area contributed by atoms with Crippen molar-refractivity contribution in [3.8, 4) is 5.75 Å². The molecule has 0 amide bonds. The third-order valence-corrected chi connectivity index (χ3v) is 15.5. The van der Waals surface area contributed by atoms with E-state index < -0.39 is 153 Å². The van der Waals surface area contributed by atoms with Crippen molar-refractivity contribution in [3.63, 3.8) is 0 Å². The predicted octanol–water partition coefficient (Wildman–Crippen LogP) is 5.63. The van der Waals surface area contributed by atoms with Crippen LogP contribution in [0.25, 0.3) is 10.8 Å². The number of hydrogen-bond donors (Lipinski definition) is 7. The van der Waals surface area contributed by atoms with E-state index in [4.69, 9.17) is 5.73 Å². The molecule has 0 bridgehead atoms. The Hall–Kier alpha value is -7.28. The Labute approximate surface area is 401 Å². The van der Waals surface area contributed by atoms with Crippen LogP contribution in [-0.2, 0) is 60.1 Å². The van der Waals surface area contributed by atoms with Crippen LogP contribution in [-0.4, -0.2) is 101 Å². The molecule has 0 unspecified atom stereocenters. The Morgan fingerprint density at radius 1 is 0.648 bits per heavy atom. The van der Waals surface area contributed by atoms with Crippen LogP contribution < -0.4 is 16.0 Å². The van der Waals surface area contributed by atoms with Gasteiger partial charge in [0.2, 0.25) is 11.9 Å². The second kappa shape index (κ2) is 19.5. The highest BCUT2D eigenvalue weighted by Crippen LogP contribution is 2.49. The molecule has 0 saturated carbocycles. The second-order valence-electron chi connectivity index (χ2n) is 14.0. The molecule has 0 fully saturated rings. The van der Waals surface area contributed by atoms with Crippen LogP contribution >= 0.6 is 0 Å². The third kappa shape index (κ3) is 12.0. The molecular weight excluding hydrogens is 1070 g/mol. The predicted molar refractivity (Wildman–Crippen MR) is 248 cm³/mol. The number of phenolic OH excluding ortho intramolecular Hbond substituents is 1. The fourth-order valence-corrected chi connectivity index (χ4v) is 10.2. The quantitative estimate of drug-likeness (QED) is 0.0311. The van der Waals surface area contributed by atoms with Crippen LogP contribution in [0.2, 0.25) is 0 Å². The maximum Gasteiger partial charge on any atom is 0.315 e. The lowest BCUT2D eigenvalue weighted by Crippen LogP contribution is -2.26. The number of aromatic nitrogens is 3. The Morgan fingerprint density at radius 2 is 1.23 bits per heavy atom. The van der Waals surface area contributed by atoms with Crippen molar-refractivity contribution in [1.82, 2.24) is 15.0 Å². The molecule has 1 heterocycles. The van der Waals surface area contributed by atoms with E-state index in [2.05, 4.69) is 53.9 Å². The fraction of sp³-hybridized carbons (Fsp3) is 0.0541. The normalized spacial score (nSPS) is 12.9. The number of fused-ring (bicyclic) bond motifs is 1. The summed E-state index contributed by atoms with van der Waals surface area (Å²) >= 11 is 0. The lowest BCUT2D eigenvalue weighted by Gasteiger charge is -2.22. The minimum atomic E-state index is -5.56. The van der Waals surface area contributed by atoms with Gasteiger partial charge in [-0.1, -0.05) is 31.4 Å². The van der Waals surface area contributed by atoms with Gasteiger partial charge in [0.05, 0.1) is 21.7 Å². The summed E-state index contributed by atoms with van der Waals surface area (Å²) in [7, 11) is -29.7. The van der Waals surface area contributed by atoms with E-state index in [0.717, 1.165) is 29.7 Å². The summed E-state index contributed by atoms with van der Waals surface area (Å²) in [6.45, 7) is 6.04. The smallest absolute Gasteiger partial charge is 0.315 e. The SMILES string of the molecule is C=CS(=O)(=O)CCN(c1ccccc1)c1nc(F)nc(Nc2ccc(S(=O)(=O)O)c(N=Nc3c(S(=O)(=O)O)cc4cc(S(=O)(=O)O)c(N=Nc5ccc(S(=O)(=O)C=C)cc5S(=O)(=O)O)c(N)c4c3O)c2)n1. The molecule has 0 saturated heterocycles. The summed E-state index contributed by atoms with van der Waals surface area (Å²) in [4.78, 5) is 6.98. The maximum absolute atomic E-state index is 15.0. The number of aromatic hydroxyl groups is 1. The number of azo groups is 2. The summed E-state index contributed by atoms with van der Waals surface area (Å²) in [5.74, 6) is -2.90. The highest BCUT2D eigenvalue weighted by atomic mass is 32.2. The first-order chi connectivity index (χ1) is 32.8. The largest absolute Gasteiger partial charge is 0.505 e. The molecule has 0 radical (unpaired) electrons. The minimum absolute atomic E-state index is 0.257. The Kier molecular flexibility index (Phi) is 14.6. The van der Waals surface area contributed by atoms with Crippen molar-refractivity contribution in [3.05, 3.63) is 109 Å². The number of para-hydroxylation sites is 1. The number of nitrogens with two attached hydrogens (primary N) is 1. The molecule has 71 heavy (non-hydrogen) atoms. The third-order valence-electron chi connectivity index (χ3n) is 9.39. The van der Waals surface area contributed by atoms with E-state index in [1.165, 1.54) is 17.0 Å². The molecule has 0 aliphatic rings. The molecule has 5 aromatic carbocycles. The van der Waals surface area contributed by atoms with E-state index in [9.17, 15) is 78.2 Å². The van der Waals surface area contributed by atoms with Gasteiger partial charge in [-0.05, 0) is 66.0 Å². The van der Waals surface area contributed by atoms with Crippen molar-refractivity contribution in [2.24, 2.45) is 20.5 Å². The summed E-state index contributed by atoms with van der Waals surface area (Å²) in [5.41, 5.74) is 1.15. The number of anilines is 5.